The van der Waals surface area contributed by atoms with E-state index in [0.29, 0.717) is 13.0 Å². The third-order valence-electron chi connectivity index (χ3n) is 3.49. The number of hydrogen-bond acceptors (Lipinski definition) is 3. The molecule has 0 unspecified atom stereocenters. The summed E-state index contributed by atoms with van der Waals surface area (Å²) in [5, 5.41) is 2.91. The maximum atomic E-state index is 12.0. The second-order valence-electron chi connectivity index (χ2n) is 5.42. The maximum Gasteiger partial charge on any atom is 0.225 e. The maximum absolute atomic E-state index is 12.0. The smallest absolute Gasteiger partial charge is 0.225 e. The van der Waals surface area contributed by atoms with Gasteiger partial charge in [-0.15, -0.1) is 0 Å². The molecule has 4 heteroatoms. The Balaban J connectivity index is 1.74. The molecule has 116 valence electrons. The van der Waals surface area contributed by atoms with Crippen LogP contribution in [-0.4, -0.2) is 24.4 Å². The van der Waals surface area contributed by atoms with Crippen molar-refractivity contribution in [2.24, 2.45) is 5.73 Å². The second kappa shape index (κ2) is 8.32. The molecule has 0 bridgehead atoms. The van der Waals surface area contributed by atoms with E-state index in [0.717, 1.165) is 24.3 Å². The van der Waals surface area contributed by atoms with E-state index < -0.39 is 0 Å². The fraction of sp³-hybridized carbons (Fsp3) is 0.278. The predicted octanol–water partition coefficient (Wildman–Crippen LogP) is 2.61. The number of nitrogens with zero attached hydrogens (tertiary/aromatic N) is 1. The number of anilines is 1. The van der Waals surface area contributed by atoms with Crippen molar-refractivity contribution in [1.82, 2.24) is 4.90 Å². The van der Waals surface area contributed by atoms with Crippen molar-refractivity contribution in [3.05, 3.63) is 65.7 Å². The number of carbonyl (C=O) groups excluding carboxylic acids is 1. The van der Waals surface area contributed by atoms with Gasteiger partial charge in [0.2, 0.25) is 5.91 Å². The SMILES string of the molecule is CN(CCC(=O)Nc1ccc(CN)cc1)Cc1ccccc1. The summed E-state index contributed by atoms with van der Waals surface area (Å²) in [6.07, 6.45) is 0.474. The lowest BCUT2D eigenvalue weighted by Gasteiger charge is -2.16. The Morgan fingerprint density at radius 3 is 2.36 bits per heavy atom. The Morgan fingerprint density at radius 1 is 1.05 bits per heavy atom. The zero-order chi connectivity index (χ0) is 15.8. The summed E-state index contributed by atoms with van der Waals surface area (Å²) in [4.78, 5) is 14.1. The normalized spacial score (nSPS) is 10.7. The third-order valence-corrected chi connectivity index (χ3v) is 3.49. The van der Waals surface area contributed by atoms with Gasteiger partial charge in [-0.25, -0.2) is 0 Å². The lowest BCUT2D eigenvalue weighted by molar-refractivity contribution is -0.116. The van der Waals surface area contributed by atoms with E-state index >= 15 is 0 Å². The van der Waals surface area contributed by atoms with Crippen molar-refractivity contribution < 1.29 is 4.79 Å². The monoisotopic (exact) mass is 297 g/mol. The summed E-state index contributed by atoms with van der Waals surface area (Å²) in [6, 6.07) is 17.9. The van der Waals surface area contributed by atoms with E-state index in [4.69, 9.17) is 5.73 Å². The first-order chi connectivity index (χ1) is 10.7. The number of carbonyl (C=O) groups is 1. The Hall–Kier alpha value is -2.17. The lowest BCUT2D eigenvalue weighted by atomic mass is 10.2. The highest BCUT2D eigenvalue weighted by Gasteiger charge is 2.06. The van der Waals surface area contributed by atoms with Gasteiger partial charge in [0, 0.05) is 31.7 Å². The van der Waals surface area contributed by atoms with Crippen molar-refractivity contribution >= 4 is 11.6 Å². The van der Waals surface area contributed by atoms with Gasteiger partial charge in [-0.05, 0) is 30.3 Å². The fourth-order valence-corrected chi connectivity index (χ4v) is 2.21. The third kappa shape index (κ3) is 5.31. The van der Waals surface area contributed by atoms with Crippen molar-refractivity contribution in [2.45, 2.75) is 19.5 Å². The minimum absolute atomic E-state index is 0.0282. The summed E-state index contributed by atoms with van der Waals surface area (Å²) in [5.41, 5.74) is 8.67. The molecular weight excluding hydrogens is 274 g/mol. The van der Waals surface area contributed by atoms with E-state index in [1.165, 1.54) is 5.56 Å². The van der Waals surface area contributed by atoms with Crippen LogP contribution in [0.25, 0.3) is 0 Å². The zero-order valence-electron chi connectivity index (χ0n) is 13.0. The van der Waals surface area contributed by atoms with E-state index in [2.05, 4.69) is 22.3 Å². The van der Waals surface area contributed by atoms with Crippen LogP contribution < -0.4 is 11.1 Å². The van der Waals surface area contributed by atoms with Crippen LogP contribution in [0, 0.1) is 0 Å². The van der Waals surface area contributed by atoms with Crippen LogP contribution in [-0.2, 0) is 17.9 Å². The molecule has 2 aromatic rings. The van der Waals surface area contributed by atoms with Gasteiger partial charge in [0.05, 0.1) is 0 Å². The zero-order valence-corrected chi connectivity index (χ0v) is 13.0. The summed E-state index contributed by atoms with van der Waals surface area (Å²) in [7, 11) is 2.02. The van der Waals surface area contributed by atoms with Gasteiger partial charge < -0.3 is 16.0 Å². The minimum Gasteiger partial charge on any atom is -0.326 e. The van der Waals surface area contributed by atoms with Gasteiger partial charge in [0.25, 0.3) is 0 Å². The summed E-state index contributed by atoms with van der Waals surface area (Å²) in [5.74, 6) is 0.0282. The molecule has 22 heavy (non-hydrogen) atoms. The quantitative estimate of drug-likeness (QED) is 0.826. The number of nitrogens with one attached hydrogen (secondary N) is 1. The first kappa shape index (κ1) is 16.2. The number of amides is 1. The van der Waals surface area contributed by atoms with E-state index in [9.17, 15) is 4.79 Å². The molecule has 3 N–H and O–H groups in total. The fourth-order valence-electron chi connectivity index (χ4n) is 2.21. The summed E-state index contributed by atoms with van der Waals surface area (Å²) < 4.78 is 0. The van der Waals surface area contributed by atoms with Gasteiger partial charge in [-0.2, -0.15) is 0 Å². The largest absolute Gasteiger partial charge is 0.326 e. The molecule has 0 spiro atoms. The average molecular weight is 297 g/mol. The van der Waals surface area contributed by atoms with Crippen LogP contribution in [0.1, 0.15) is 17.5 Å². The van der Waals surface area contributed by atoms with Gasteiger partial charge in [0.15, 0.2) is 0 Å². The van der Waals surface area contributed by atoms with Crippen molar-refractivity contribution in [2.75, 3.05) is 18.9 Å². The molecule has 2 rings (SSSR count). The molecule has 2 aromatic carbocycles. The molecule has 0 heterocycles. The van der Waals surface area contributed by atoms with Crippen molar-refractivity contribution in [3.8, 4) is 0 Å². The lowest BCUT2D eigenvalue weighted by Crippen LogP contribution is -2.24. The summed E-state index contributed by atoms with van der Waals surface area (Å²) >= 11 is 0. The van der Waals surface area contributed by atoms with E-state index in [-0.39, 0.29) is 5.91 Å². The molecular formula is C18H23N3O. The van der Waals surface area contributed by atoms with Crippen LogP contribution in [0.2, 0.25) is 0 Å². The molecule has 0 aromatic heterocycles. The highest BCUT2D eigenvalue weighted by atomic mass is 16.1. The van der Waals surface area contributed by atoms with Gasteiger partial charge in [0.1, 0.15) is 0 Å². The van der Waals surface area contributed by atoms with Crippen LogP contribution in [0.15, 0.2) is 54.6 Å². The molecule has 0 aliphatic heterocycles. The van der Waals surface area contributed by atoms with Crippen molar-refractivity contribution in [1.29, 1.82) is 0 Å². The molecule has 0 fully saturated rings. The van der Waals surface area contributed by atoms with Gasteiger partial charge >= 0.3 is 0 Å². The Kier molecular flexibility index (Phi) is 6.13. The van der Waals surface area contributed by atoms with Crippen molar-refractivity contribution in [3.63, 3.8) is 0 Å². The highest BCUT2D eigenvalue weighted by Crippen LogP contribution is 2.10. The molecule has 0 atom stereocenters. The molecule has 0 aliphatic carbocycles. The molecule has 0 saturated carbocycles. The van der Waals surface area contributed by atoms with Crippen LogP contribution in [0.3, 0.4) is 0 Å². The Bertz CT molecular complexity index is 581. The number of hydrogen-bond donors (Lipinski definition) is 2. The van der Waals surface area contributed by atoms with Gasteiger partial charge in [-0.3, -0.25) is 4.79 Å². The molecule has 1 amide bonds. The number of rotatable bonds is 7. The van der Waals surface area contributed by atoms with E-state index in [1.807, 2.05) is 49.5 Å². The average Bonchev–Trinajstić information content (AvgIpc) is 2.55. The summed E-state index contributed by atoms with van der Waals surface area (Å²) in [6.45, 7) is 2.08. The number of benzene rings is 2. The minimum atomic E-state index is 0.0282. The van der Waals surface area contributed by atoms with E-state index in [1.54, 1.807) is 0 Å². The number of nitrogens with two attached hydrogens (primary N) is 1. The standard InChI is InChI=1S/C18H23N3O/c1-21(14-16-5-3-2-4-6-16)12-11-18(22)20-17-9-7-15(13-19)8-10-17/h2-10H,11-14,19H2,1H3,(H,20,22). The molecule has 0 aliphatic rings. The Labute approximate surface area is 131 Å². The predicted molar refractivity (Wildman–Crippen MR) is 90.4 cm³/mol. The highest BCUT2D eigenvalue weighted by molar-refractivity contribution is 5.90. The van der Waals surface area contributed by atoms with Crippen LogP contribution in [0.5, 0.6) is 0 Å². The molecule has 0 radical (unpaired) electrons. The van der Waals surface area contributed by atoms with Crippen LogP contribution in [0.4, 0.5) is 5.69 Å². The first-order valence-electron chi connectivity index (χ1n) is 7.48. The first-order valence-corrected chi connectivity index (χ1v) is 7.48. The second-order valence-corrected chi connectivity index (χ2v) is 5.42. The molecule has 0 saturated heterocycles. The Morgan fingerprint density at radius 2 is 1.73 bits per heavy atom. The topological polar surface area (TPSA) is 58.4 Å². The van der Waals surface area contributed by atoms with Crippen LogP contribution >= 0.6 is 0 Å². The molecule has 4 nitrogen and oxygen atoms in total. The van der Waals surface area contributed by atoms with Gasteiger partial charge in [-0.1, -0.05) is 42.5 Å².